The number of hydrogen-bond donors (Lipinski definition) is 1. The molecule has 1 aliphatic heterocycles. The van der Waals surface area contributed by atoms with E-state index in [1.165, 1.54) is 11.0 Å². The summed E-state index contributed by atoms with van der Waals surface area (Å²) in [4.78, 5) is 55.9. The number of carbonyl (C=O) groups excluding carboxylic acids is 4. The molecule has 3 aromatic rings. The van der Waals surface area contributed by atoms with Crippen LogP contribution in [0.15, 0.2) is 95.1 Å². The summed E-state index contributed by atoms with van der Waals surface area (Å²) in [5.74, 6) is -3.25. The summed E-state index contributed by atoms with van der Waals surface area (Å²) in [6.45, 7) is 1.63. The van der Waals surface area contributed by atoms with Gasteiger partial charge in [-0.1, -0.05) is 48.0 Å². The number of halogens is 1. The van der Waals surface area contributed by atoms with Crippen LogP contribution in [0.4, 0.5) is 5.69 Å². The Morgan fingerprint density at radius 3 is 2.42 bits per heavy atom. The molecular weight excluding hydrogens is 617 g/mol. The normalized spacial score (nSPS) is 26.0. The summed E-state index contributed by atoms with van der Waals surface area (Å²) in [7, 11) is 0. The number of amides is 2. The molecule has 7 rings (SSSR count). The van der Waals surface area contributed by atoms with Gasteiger partial charge in [-0.25, -0.2) is 0 Å². The number of phenols is 1. The predicted octanol–water partition coefficient (Wildman–Crippen LogP) is 5.78. The zero-order valence-corrected chi connectivity index (χ0v) is 23.7. The molecule has 3 aromatic carbocycles. The highest BCUT2D eigenvalue weighted by atomic mass is 127. The molecule has 1 N–H and O–H groups in total. The van der Waals surface area contributed by atoms with Crippen LogP contribution < -0.4 is 4.90 Å². The minimum Gasteiger partial charge on any atom is -0.507 e. The molecule has 40 heavy (non-hydrogen) atoms. The topological polar surface area (TPSA) is 91.8 Å². The molecule has 0 spiro atoms. The van der Waals surface area contributed by atoms with Gasteiger partial charge in [-0.2, -0.15) is 0 Å². The number of aromatic hydroxyl groups is 1. The molecule has 0 radical (unpaired) electrons. The Bertz CT molecular complexity index is 1780. The molecule has 1 saturated heterocycles. The second-order valence-electron chi connectivity index (χ2n) is 10.9. The molecule has 1 heterocycles. The molecule has 7 heteroatoms. The van der Waals surface area contributed by atoms with Crippen molar-refractivity contribution in [3.63, 3.8) is 0 Å². The van der Waals surface area contributed by atoms with Crippen molar-refractivity contribution in [3.05, 3.63) is 104 Å². The van der Waals surface area contributed by atoms with Gasteiger partial charge in [-0.05, 0) is 84.0 Å². The van der Waals surface area contributed by atoms with Gasteiger partial charge in [0, 0.05) is 37.2 Å². The maximum absolute atomic E-state index is 14.0. The van der Waals surface area contributed by atoms with Crippen molar-refractivity contribution in [1.29, 1.82) is 0 Å². The third-order valence-corrected chi connectivity index (χ3v) is 9.61. The van der Waals surface area contributed by atoms with Crippen LogP contribution >= 0.6 is 22.6 Å². The third-order valence-electron chi connectivity index (χ3n) is 8.89. The van der Waals surface area contributed by atoms with Crippen LogP contribution in [0.5, 0.6) is 5.75 Å². The number of imide groups is 1. The van der Waals surface area contributed by atoms with Crippen LogP contribution in [-0.4, -0.2) is 28.5 Å². The number of anilines is 1. The minimum absolute atomic E-state index is 0.0551. The van der Waals surface area contributed by atoms with Crippen LogP contribution in [0.2, 0.25) is 0 Å². The summed E-state index contributed by atoms with van der Waals surface area (Å²) in [5.41, 5.74) is 3.01. The van der Waals surface area contributed by atoms with E-state index in [-0.39, 0.29) is 35.6 Å². The number of allylic oxidation sites excluding steroid dienone is 6. The van der Waals surface area contributed by atoms with Crippen molar-refractivity contribution in [1.82, 2.24) is 0 Å². The average Bonchev–Trinajstić information content (AvgIpc) is 3.21. The van der Waals surface area contributed by atoms with Gasteiger partial charge in [0.1, 0.15) is 5.75 Å². The van der Waals surface area contributed by atoms with Crippen molar-refractivity contribution in [2.75, 3.05) is 4.90 Å². The van der Waals surface area contributed by atoms with Crippen LogP contribution in [0.1, 0.15) is 31.2 Å². The van der Waals surface area contributed by atoms with Gasteiger partial charge in [-0.3, -0.25) is 24.1 Å². The molecule has 2 amide bonds. The summed E-state index contributed by atoms with van der Waals surface area (Å²) in [6.07, 6.45) is 3.91. The number of ketones is 2. The fourth-order valence-electron chi connectivity index (χ4n) is 7.09. The van der Waals surface area contributed by atoms with Gasteiger partial charge in [-0.15, -0.1) is 0 Å². The van der Waals surface area contributed by atoms with Crippen molar-refractivity contribution in [2.24, 2.45) is 17.8 Å². The minimum atomic E-state index is -0.685. The zero-order valence-electron chi connectivity index (χ0n) is 21.6. The lowest BCUT2D eigenvalue weighted by atomic mass is 9.59. The second-order valence-corrected chi connectivity index (χ2v) is 12.2. The van der Waals surface area contributed by atoms with E-state index in [9.17, 15) is 24.3 Å². The number of carbonyl (C=O) groups is 4. The van der Waals surface area contributed by atoms with Gasteiger partial charge in [0.05, 0.1) is 17.5 Å². The molecule has 6 nitrogen and oxygen atoms in total. The fraction of sp³-hybridized carbons (Fsp3) is 0.212. The standard InChI is InChI=1S/C33H24INO5/c1-16-14-26(36)29-25(30(16)37)15-24-21(27(29)22-11-6-17-4-2-3-5-20(17)31(22)38)12-13-23-28(24)33(40)35(32(23)39)19-9-7-18(34)8-10-19/h2-12,14,23-24,27-28,38H,13,15H2,1H3. The summed E-state index contributed by atoms with van der Waals surface area (Å²) in [5, 5.41) is 13.0. The Hall–Kier alpha value is -3.85. The molecule has 4 unspecified atom stereocenters. The number of Topliss-reactive ketones (excluding diaryl/α,β-unsaturated/α-hetero) is 1. The Labute approximate surface area is 244 Å². The van der Waals surface area contributed by atoms with Crippen molar-refractivity contribution < 1.29 is 24.3 Å². The number of phenolic OH excluding ortho intramolecular Hbond substituents is 1. The van der Waals surface area contributed by atoms with Gasteiger partial charge in [0.15, 0.2) is 11.6 Å². The van der Waals surface area contributed by atoms with E-state index in [0.29, 0.717) is 39.8 Å². The van der Waals surface area contributed by atoms with E-state index in [0.717, 1.165) is 14.5 Å². The number of hydrogen-bond acceptors (Lipinski definition) is 5. The molecular formula is C33H24INO5. The molecule has 0 aromatic heterocycles. The zero-order chi connectivity index (χ0) is 27.9. The second kappa shape index (κ2) is 9.09. The number of benzene rings is 3. The Kier molecular flexibility index (Phi) is 5.71. The first-order valence-electron chi connectivity index (χ1n) is 13.3. The third kappa shape index (κ3) is 3.53. The maximum atomic E-state index is 14.0. The Morgan fingerprint density at radius 2 is 1.65 bits per heavy atom. The molecule has 3 aliphatic carbocycles. The lowest BCUT2D eigenvalue weighted by Crippen LogP contribution is -2.39. The van der Waals surface area contributed by atoms with E-state index < -0.39 is 23.7 Å². The van der Waals surface area contributed by atoms with Gasteiger partial charge < -0.3 is 5.11 Å². The molecule has 1 fully saturated rings. The van der Waals surface area contributed by atoms with Crippen molar-refractivity contribution in [3.8, 4) is 5.75 Å². The largest absolute Gasteiger partial charge is 0.507 e. The van der Waals surface area contributed by atoms with Crippen LogP contribution in [-0.2, 0) is 19.2 Å². The van der Waals surface area contributed by atoms with Crippen LogP contribution in [0, 0.1) is 21.3 Å². The van der Waals surface area contributed by atoms with E-state index >= 15 is 0 Å². The van der Waals surface area contributed by atoms with Crippen LogP contribution in [0.25, 0.3) is 10.8 Å². The van der Waals surface area contributed by atoms with Crippen LogP contribution in [0.3, 0.4) is 0 Å². The first-order valence-corrected chi connectivity index (χ1v) is 14.4. The summed E-state index contributed by atoms with van der Waals surface area (Å²) < 4.78 is 0.996. The van der Waals surface area contributed by atoms with Gasteiger partial charge in [0.2, 0.25) is 11.8 Å². The maximum Gasteiger partial charge on any atom is 0.238 e. The SMILES string of the molecule is CC1=CC(=O)C2=C(CC3C(=CCC4C(=O)N(c5ccc(I)cc5)C(=O)C43)C2c2ccc3ccccc3c2O)C1=O. The quantitative estimate of drug-likeness (QED) is 0.166. The van der Waals surface area contributed by atoms with Gasteiger partial charge in [0.25, 0.3) is 0 Å². The predicted molar refractivity (Wildman–Crippen MR) is 159 cm³/mol. The lowest BCUT2D eigenvalue weighted by molar-refractivity contribution is -0.123. The molecule has 0 bridgehead atoms. The average molecular weight is 641 g/mol. The summed E-state index contributed by atoms with van der Waals surface area (Å²) in [6, 6.07) is 18.4. The van der Waals surface area contributed by atoms with Gasteiger partial charge >= 0.3 is 0 Å². The smallest absolute Gasteiger partial charge is 0.238 e. The highest BCUT2D eigenvalue weighted by Gasteiger charge is 2.56. The molecule has 0 saturated carbocycles. The number of fused-ring (bicyclic) bond motifs is 4. The highest BCUT2D eigenvalue weighted by molar-refractivity contribution is 14.1. The lowest BCUT2D eigenvalue weighted by Gasteiger charge is -2.42. The number of rotatable bonds is 2. The molecule has 4 aliphatic rings. The highest BCUT2D eigenvalue weighted by Crippen LogP contribution is 2.56. The van der Waals surface area contributed by atoms with E-state index in [2.05, 4.69) is 22.6 Å². The molecule has 198 valence electrons. The Morgan fingerprint density at radius 1 is 0.900 bits per heavy atom. The van der Waals surface area contributed by atoms with E-state index in [1.807, 2.05) is 54.6 Å². The fourth-order valence-corrected chi connectivity index (χ4v) is 7.45. The number of nitrogens with zero attached hydrogens (tertiary/aromatic N) is 1. The first kappa shape index (κ1) is 25.1. The summed E-state index contributed by atoms with van der Waals surface area (Å²) >= 11 is 2.18. The van der Waals surface area contributed by atoms with Crippen molar-refractivity contribution in [2.45, 2.75) is 25.7 Å². The Balaban J connectivity index is 1.40. The first-order chi connectivity index (χ1) is 19.3. The monoisotopic (exact) mass is 641 g/mol. The van der Waals surface area contributed by atoms with E-state index in [1.54, 1.807) is 19.1 Å². The van der Waals surface area contributed by atoms with Crippen molar-refractivity contribution >= 4 is 62.4 Å². The molecule has 4 atom stereocenters. The van der Waals surface area contributed by atoms with E-state index in [4.69, 9.17) is 0 Å².